The molecule has 154 valence electrons. The number of hydrogen-bond donors (Lipinski definition) is 1. The largest absolute Gasteiger partial charge is 0.389 e. The standard InChI is InChI=1S/C24H23ClN2O3/c1-16(28)26-12-13-27(15-19(29)14-26)24(30)23-11-10-20(17-6-8-18(25)9-7-17)21-4-2-3-5-22(21)23/h2-11,19,29H,12-15H2,1H3. The third kappa shape index (κ3) is 4.04. The van der Waals surface area contributed by atoms with Gasteiger partial charge in [-0.25, -0.2) is 0 Å². The summed E-state index contributed by atoms with van der Waals surface area (Å²) in [5.74, 6) is -0.237. The van der Waals surface area contributed by atoms with E-state index in [4.69, 9.17) is 11.6 Å². The summed E-state index contributed by atoms with van der Waals surface area (Å²) in [4.78, 5) is 28.3. The molecular weight excluding hydrogens is 400 g/mol. The quantitative estimate of drug-likeness (QED) is 0.682. The van der Waals surface area contributed by atoms with Crippen LogP contribution in [0.5, 0.6) is 0 Å². The van der Waals surface area contributed by atoms with Crippen LogP contribution < -0.4 is 0 Å². The summed E-state index contributed by atoms with van der Waals surface area (Å²) in [6, 6.07) is 19.2. The predicted molar refractivity (Wildman–Crippen MR) is 119 cm³/mol. The maximum Gasteiger partial charge on any atom is 0.254 e. The fourth-order valence-corrected chi connectivity index (χ4v) is 4.12. The summed E-state index contributed by atoms with van der Waals surface area (Å²) in [5, 5.41) is 12.8. The van der Waals surface area contributed by atoms with Crippen LogP contribution in [-0.2, 0) is 4.79 Å². The number of carbonyl (C=O) groups excluding carboxylic acids is 2. The molecule has 0 spiro atoms. The maximum atomic E-state index is 13.4. The predicted octanol–water partition coefficient (Wildman–Crippen LogP) is 3.83. The van der Waals surface area contributed by atoms with Crippen LogP contribution in [-0.4, -0.2) is 59.0 Å². The van der Waals surface area contributed by atoms with Gasteiger partial charge in [0.25, 0.3) is 5.91 Å². The Bertz CT molecular complexity index is 1100. The molecule has 4 rings (SSSR count). The summed E-state index contributed by atoms with van der Waals surface area (Å²) in [7, 11) is 0. The Kier molecular flexibility index (Phi) is 5.75. The number of aliphatic hydroxyl groups is 1. The highest BCUT2D eigenvalue weighted by atomic mass is 35.5. The lowest BCUT2D eigenvalue weighted by Crippen LogP contribution is -2.37. The lowest BCUT2D eigenvalue weighted by molar-refractivity contribution is -0.129. The van der Waals surface area contributed by atoms with Crippen molar-refractivity contribution >= 4 is 34.2 Å². The molecule has 0 aromatic heterocycles. The number of β-amino-alcohol motifs (C(OH)–C–C–N with tert-alkyl or cyclic N) is 1. The van der Waals surface area contributed by atoms with Crippen molar-refractivity contribution in [3.8, 4) is 11.1 Å². The van der Waals surface area contributed by atoms with Crippen LogP contribution in [0.2, 0.25) is 5.02 Å². The van der Waals surface area contributed by atoms with Gasteiger partial charge in [0, 0.05) is 43.7 Å². The van der Waals surface area contributed by atoms with Crippen LogP contribution in [0.1, 0.15) is 17.3 Å². The minimum atomic E-state index is -0.764. The van der Waals surface area contributed by atoms with Crippen LogP contribution in [0.25, 0.3) is 21.9 Å². The van der Waals surface area contributed by atoms with Gasteiger partial charge in [-0.3, -0.25) is 9.59 Å². The molecule has 0 bridgehead atoms. The number of halogens is 1. The second-order valence-electron chi connectivity index (χ2n) is 7.58. The van der Waals surface area contributed by atoms with Crippen LogP contribution in [0.4, 0.5) is 0 Å². The monoisotopic (exact) mass is 422 g/mol. The Morgan fingerprint density at radius 3 is 2.23 bits per heavy atom. The highest BCUT2D eigenvalue weighted by molar-refractivity contribution is 6.30. The second kappa shape index (κ2) is 8.46. The van der Waals surface area contributed by atoms with E-state index in [0.717, 1.165) is 21.9 Å². The SMILES string of the molecule is CC(=O)N1CCN(C(=O)c2ccc(-c3ccc(Cl)cc3)c3ccccc23)CC(O)C1. The maximum absolute atomic E-state index is 13.4. The fraction of sp³-hybridized carbons (Fsp3) is 0.250. The summed E-state index contributed by atoms with van der Waals surface area (Å²) >= 11 is 6.03. The molecule has 1 unspecified atom stereocenters. The number of benzene rings is 3. The highest BCUT2D eigenvalue weighted by Crippen LogP contribution is 2.32. The van der Waals surface area contributed by atoms with Gasteiger partial charge in [0.1, 0.15) is 0 Å². The molecule has 0 saturated carbocycles. The zero-order chi connectivity index (χ0) is 21.3. The number of carbonyl (C=O) groups is 2. The van der Waals surface area contributed by atoms with Crippen molar-refractivity contribution in [2.45, 2.75) is 13.0 Å². The van der Waals surface area contributed by atoms with E-state index in [0.29, 0.717) is 23.7 Å². The normalized spacial score (nSPS) is 17.1. The lowest BCUT2D eigenvalue weighted by Gasteiger charge is -2.23. The van der Waals surface area contributed by atoms with Gasteiger partial charge in [-0.15, -0.1) is 0 Å². The van der Waals surface area contributed by atoms with E-state index in [1.165, 1.54) is 6.92 Å². The Hall–Kier alpha value is -2.89. The van der Waals surface area contributed by atoms with Crippen molar-refractivity contribution in [1.82, 2.24) is 9.80 Å². The second-order valence-corrected chi connectivity index (χ2v) is 8.02. The highest BCUT2D eigenvalue weighted by Gasteiger charge is 2.27. The third-order valence-electron chi connectivity index (χ3n) is 5.54. The van der Waals surface area contributed by atoms with E-state index in [1.807, 2.05) is 60.7 Å². The van der Waals surface area contributed by atoms with Crippen LogP contribution in [0.3, 0.4) is 0 Å². The molecule has 0 aliphatic carbocycles. The topological polar surface area (TPSA) is 60.9 Å². The van der Waals surface area contributed by atoms with Gasteiger partial charge in [0.15, 0.2) is 0 Å². The minimum Gasteiger partial charge on any atom is -0.389 e. The molecule has 30 heavy (non-hydrogen) atoms. The molecule has 3 aromatic rings. The van der Waals surface area contributed by atoms with E-state index < -0.39 is 6.10 Å². The van der Waals surface area contributed by atoms with Crippen molar-refractivity contribution < 1.29 is 14.7 Å². The van der Waals surface area contributed by atoms with Crippen LogP contribution in [0.15, 0.2) is 60.7 Å². The van der Waals surface area contributed by atoms with E-state index in [1.54, 1.807) is 9.80 Å². The first-order valence-electron chi connectivity index (χ1n) is 9.94. The number of aliphatic hydroxyl groups excluding tert-OH is 1. The Morgan fingerprint density at radius 1 is 0.900 bits per heavy atom. The van der Waals surface area contributed by atoms with Crippen molar-refractivity contribution in [3.63, 3.8) is 0 Å². The van der Waals surface area contributed by atoms with Gasteiger partial charge in [0.05, 0.1) is 6.10 Å². The zero-order valence-electron chi connectivity index (χ0n) is 16.7. The minimum absolute atomic E-state index is 0.0962. The summed E-state index contributed by atoms with van der Waals surface area (Å²) in [5.41, 5.74) is 2.64. The van der Waals surface area contributed by atoms with Crippen LogP contribution >= 0.6 is 11.6 Å². The smallest absolute Gasteiger partial charge is 0.254 e. The Balaban J connectivity index is 1.71. The molecule has 1 N–H and O–H groups in total. The first-order chi connectivity index (χ1) is 14.4. The Labute approximate surface area is 180 Å². The summed E-state index contributed by atoms with van der Waals surface area (Å²) in [6.07, 6.45) is -0.764. The van der Waals surface area contributed by atoms with Gasteiger partial charge in [-0.1, -0.05) is 54.1 Å². The lowest BCUT2D eigenvalue weighted by atomic mass is 9.94. The van der Waals surface area contributed by atoms with Crippen molar-refractivity contribution in [2.75, 3.05) is 26.2 Å². The summed E-state index contributed by atoms with van der Waals surface area (Å²) in [6.45, 7) is 2.74. The van der Waals surface area contributed by atoms with E-state index in [9.17, 15) is 14.7 Å². The van der Waals surface area contributed by atoms with Crippen LogP contribution in [0, 0.1) is 0 Å². The fourth-order valence-electron chi connectivity index (χ4n) is 4.00. The molecule has 1 fully saturated rings. The molecule has 5 nitrogen and oxygen atoms in total. The number of fused-ring (bicyclic) bond motifs is 1. The molecular formula is C24H23ClN2O3. The average molecular weight is 423 g/mol. The molecule has 6 heteroatoms. The van der Waals surface area contributed by atoms with E-state index in [-0.39, 0.29) is 24.9 Å². The van der Waals surface area contributed by atoms with E-state index >= 15 is 0 Å². The number of nitrogens with zero attached hydrogens (tertiary/aromatic N) is 2. The van der Waals surface area contributed by atoms with E-state index in [2.05, 4.69) is 0 Å². The summed E-state index contributed by atoms with van der Waals surface area (Å²) < 4.78 is 0. The molecule has 1 heterocycles. The van der Waals surface area contributed by atoms with Gasteiger partial charge in [0.2, 0.25) is 5.91 Å². The number of amides is 2. The molecule has 3 aromatic carbocycles. The van der Waals surface area contributed by atoms with Crippen molar-refractivity contribution in [1.29, 1.82) is 0 Å². The molecule has 2 amide bonds. The van der Waals surface area contributed by atoms with Gasteiger partial charge in [-0.05, 0) is 40.1 Å². The number of hydrogen-bond acceptors (Lipinski definition) is 3. The Morgan fingerprint density at radius 2 is 1.53 bits per heavy atom. The van der Waals surface area contributed by atoms with Gasteiger partial charge >= 0.3 is 0 Å². The van der Waals surface area contributed by atoms with Crippen molar-refractivity contribution in [2.24, 2.45) is 0 Å². The molecule has 0 radical (unpaired) electrons. The first kappa shape index (κ1) is 20.4. The van der Waals surface area contributed by atoms with Gasteiger partial charge < -0.3 is 14.9 Å². The first-order valence-corrected chi connectivity index (χ1v) is 10.3. The molecule has 1 saturated heterocycles. The number of rotatable bonds is 2. The average Bonchev–Trinajstić information content (AvgIpc) is 2.95. The zero-order valence-corrected chi connectivity index (χ0v) is 17.5. The molecule has 1 atom stereocenters. The van der Waals surface area contributed by atoms with Gasteiger partial charge in [-0.2, -0.15) is 0 Å². The molecule has 1 aliphatic heterocycles. The third-order valence-corrected chi connectivity index (χ3v) is 5.80. The molecule has 1 aliphatic rings. The van der Waals surface area contributed by atoms with Crippen molar-refractivity contribution in [3.05, 3.63) is 71.2 Å².